The van der Waals surface area contributed by atoms with Crippen LogP contribution in [-0.4, -0.2) is 208 Å². The molecule has 0 radical (unpaired) electrons. The molecular formula is C58H101N17O18. The lowest BCUT2D eigenvalue weighted by Gasteiger charge is -2.29. The first-order chi connectivity index (χ1) is 43.4. The van der Waals surface area contributed by atoms with Gasteiger partial charge in [0, 0.05) is 19.5 Å². The number of nitrogens with zero attached hydrogens (tertiary/aromatic N) is 2. The lowest BCUT2D eigenvalue weighted by molar-refractivity contribution is -0.145. The number of carboxylic acid groups (broad SMARTS) is 2. The molecule has 93 heavy (non-hydrogen) atoms. The lowest BCUT2D eigenvalue weighted by atomic mass is 9.98. The number of carboxylic acids is 2. The van der Waals surface area contributed by atoms with Crippen LogP contribution in [0.5, 0.6) is 0 Å². The summed E-state index contributed by atoms with van der Waals surface area (Å²) in [5.74, 6) is -17.9. The number of aliphatic hydroxyl groups excluding tert-OH is 1. The van der Waals surface area contributed by atoms with Crippen molar-refractivity contribution in [2.24, 2.45) is 63.3 Å². The van der Waals surface area contributed by atoms with Gasteiger partial charge in [-0.15, -0.1) is 0 Å². The highest BCUT2D eigenvalue weighted by atomic mass is 16.4. The van der Waals surface area contributed by atoms with E-state index < -0.39 is 206 Å². The van der Waals surface area contributed by atoms with Crippen molar-refractivity contribution in [2.75, 3.05) is 26.2 Å². The zero-order valence-corrected chi connectivity index (χ0v) is 54.8. The number of likely N-dealkylation sites (tertiary alicyclic amines) is 1. The van der Waals surface area contributed by atoms with Crippen LogP contribution in [0.4, 0.5) is 0 Å². The second kappa shape index (κ2) is 41.0. The molecule has 0 aromatic rings. The van der Waals surface area contributed by atoms with Crippen molar-refractivity contribution >= 4 is 94.7 Å². The smallest absolute Gasteiger partial charge is 0.326 e. The van der Waals surface area contributed by atoms with Gasteiger partial charge in [-0.05, 0) is 74.5 Å². The molecule has 526 valence electrons. The highest BCUT2D eigenvalue weighted by Gasteiger charge is 2.40. The fourth-order valence-corrected chi connectivity index (χ4v) is 9.57. The molecule has 1 rings (SSSR count). The van der Waals surface area contributed by atoms with Crippen LogP contribution in [-0.2, 0) is 71.9 Å². The van der Waals surface area contributed by atoms with Crippen LogP contribution >= 0.6 is 0 Å². The normalized spacial score (nSPS) is 16.7. The Hall–Kier alpha value is -8.76. The van der Waals surface area contributed by atoms with Crippen molar-refractivity contribution in [2.45, 2.75) is 213 Å². The third-order valence-electron chi connectivity index (χ3n) is 15.3. The number of hydrogen-bond donors (Lipinski definition) is 18. The second-order valence-electron chi connectivity index (χ2n) is 24.4. The number of amides is 13. The Morgan fingerprint density at radius 1 is 0.527 bits per heavy atom. The number of carbonyl (C=O) groups excluding carboxylic acids is 13. The Balaban J connectivity index is 3.47. The third-order valence-corrected chi connectivity index (χ3v) is 15.3. The molecule has 0 saturated carbocycles. The first-order valence-corrected chi connectivity index (χ1v) is 31.1. The summed E-state index contributed by atoms with van der Waals surface area (Å²) in [5.41, 5.74) is 27.8. The van der Waals surface area contributed by atoms with Gasteiger partial charge in [0.05, 0.1) is 32.0 Å². The molecule has 0 spiro atoms. The average molecular weight is 1320 g/mol. The molecule has 1 heterocycles. The predicted octanol–water partition coefficient (Wildman–Crippen LogP) is -5.63. The second-order valence-corrected chi connectivity index (χ2v) is 24.4. The Bertz CT molecular complexity index is 2660. The number of hydrogen-bond acceptors (Lipinski definition) is 18. The average Bonchev–Trinajstić information content (AvgIpc) is 2.38. The number of rotatable bonds is 43. The molecule has 0 bridgehead atoms. The van der Waals surface area contributed by atoms with Crippen LogP contribution in [0, 0.1) is 29.6 Å². The van der Waals surface area contributed by atoms with Crippen LogP contribution in [0.2, 0.25) is 0 Å². The van der Waals surface area contributed by atoms with Gasteiger partial charge in [0.1, 0.15) is 60.4 Å². The van der Waals surface area contributed by atoms with Crippen LogP contribution in [0.3, 0.4) is 0 Å². The Morgan fingerprint density at radius 2 is 0.989 bits per heavy atom. The van der Waals surface area contributed by atoms with Crippen LogP contribution in [0.1, 0.15) is 146 Å². The molecule has 0 unspecified atom stereocenters. The molecule has 35 nitrogen and oxygen atoms in total. The largest absolute Gasteiger partial charge is 0.481 e. The highest BCUT2D eigenvalue weighted by molar-refractivity contribution is 6.00. The summed E-state index contributed by atoms with van der Waals surface area (Å²) in [4.78, 5) is 204. The zero-order chi connectivity index (χ0) is 71.1. The number of primary amides is 2. The van der Waals surface area contributed by atoms with E-state index in [4.69, 9.17) is 28.7 Å². The highest BCUT2D eigenvalue weighted by Crippen LogP contribution is 2.20. The SMILES string of the molecule is CC[C@H](C)[C@H](N)C(=O)N[C@@H](CC(=O)O)C(=O)N[C@@H](CCC(N)=O)C(=O)N[C@@H](CO)C(=O)N[C@@H](CCCN=C(N)N)C(=O)N[C@H](C(=O)N[C@@H](CC(C)C)C(=O)N[C@@H](CC(N)=O)C(=O)N[C@@H](CC(C)C)C(=O)NCC(=O)N1CCC[C@H]1C(=O)N[C@H](C(=O)O)[C@@H](C)CC)C(C)C. The number of nitrogens with two attached hydrogens (primary N) is 5. The molecule has 13 amide bonds. The summed E-state index contributed by atoms with van der Waals surface area (Å²) in [5, 5.41) is 53.8. The number of aliphatic carboxylic acids is 2. The molecule has 1 fully saturated rings. The van der Waals surface area contributed by atoms with Gasteiger partial charge in [-0.3, -0.25) is 72.1 Å². The number of nitrogens with one attached hydrogen (secondary N) is 10. The van der Waals surface area contributed by atoms with Crippen LogP contribution in [0.15, 0.2) is 4.99 Å². The molecule has 35 heteroatoms. The summed E-state index contributed by atoms with van der Waals surface area (Å²) in [6.45, 7) is 15.0. The van der Waals surface area contributed by atoms with E-state index in [-0.39, 0.29) is 68.9 Å². The van der Waals surface area contributed by atoms with Crippen molar-refractivity contribution in [3.8, 4) is 0 Å². The minimum atomic E-state index is -1.90. The summed E-state index contributed by atoms with van der Waals surface area (Å²) in [6.07, 6.45) is -1.64. The van der Waals surface area contributed by atoms with E-state index in [1.807, 2.05) is 0 Å². The van der Waals surface area contributed by atoms with E-state index in [0.29, 0.717) is 19.3 Å². The molecule has 0 aromatic heterocycles. The maximum absolute atomic E-state index is 14.3. The topological polar surface area (TPSA) is 583 Å². The van der Waals surface area contributed by atoms with Gasteiger partial charge in [0.15, 0.2) is 5.96 Å². The fourth-order valence-electron chi connectivity index (χ4n) is 9.57. The minimum absolute atomic E-state index is 0.0000654. The summed E-state index contributed by atoms with van der Waals surface area (Å²) >= 11 is 0. The molecule has 0 aliphatic carbocycles. The van der Waals surface area contributed by atoms with Gasteiger partial charge >= 0.3 is 11.9 Å². The maximum atomic E-state index is 14.3. The standard InChI is InChI=1S/C58H101N17O18/c1-11-30(9)44(61)55(90)70-37(24-43(80)81)52(87)67-33(17-18-40(59)77)48(83)72-38(26-76)53(88)66-32(15-13-19-64-58(62)63)49(84)73-45(29(7)8)56(91)71-35(22-28(5)6)50(85)69-36(23-41(60)78)51(86)68-34(21-27(3)4)47(82)65-25-42(79)75-20-14-16-39(75)54(89)74-46(57(92)93)31(10)12-2/h27-39,44-46,76H,11-26,61H2,1-10H3,(H2,59,77)(H2,60,78)(H,65,82)(H,66,88)(H,67,87)(H,68,86)(H,69,85)(H,70,90)(H,71,91)(H,72,83)(H,73,84)(H,74,89)(H,80,81)(H,92,93)(H4,62,63,64)/t30-,31-,32-,33-,34-,35-,36-,37-,38-,39-,44-,45-,46-/m0/s1. The van der Waals surface area contributed by atoms with Gasteiger partial charge in [-0.2, -0.15) is 0 Å². The van der Waals surface area contributed by atoms with Crippen molar-refractivity contribution in [1.29, 1.82) is 0 Å². The van der Waals surface area contributed by atoms with Gasteiger partial charge in [-0.25, -0.2) is 4.79 Å². The molecule has 1 aliphatic rings. The van der Waals surface area contributed by atoms with Crippen LogP contribution < -0.4 is 81.8 Å². The van der Waals surface area contributed by atoms with Crippen molar-refractivity contribution in [3.63, 3.8) is 0 Å². The monoisotopic (exact) mass is 1320 g/mol. The van der Waals surface area contributed by atoms with E-state index in [0.717, 1.165) is 0 Å². The van der Waals surface area contributed by atoms with E-state index >= 15 is 0 Å². The molecule has 0 aromatic carbocycles. The summed E-state index contributed by atoms with van der Waals surface area (Å²) in [7, 11) is 0. The van der Waals surface area contributed by atoms with E-state index in [1.165, 1.54) is 18.7 Å². The number of aliphatic hydroxyl groups is 1. The van der Waals surface area contributed by atoms with E-state index in [1.54, 1.807) is 55.4 Å². The Morgan fingerprint density at radius 3 is 1.48 bits per heavy atom. The number of guanidine groups is 1. The summed E-state index contributed by atoms with van der Waals surface area (Å²) in [6, 6.07) is -16.5. The van der Waals surface area contributed by atoms with Crippen LogP contribution in [0.25, 0.3) is 0 Å². The minimum Gasteiger partial charge on any atom is -0.481 e. The molecular weight excluding hydrogens is 1220 g/mol. The number of aliphatic imine (C=N–C) groups is 1. The van der Waals surface area contributed by atoms with Gasteiger partial charge in [0.25, 0.3) is 0 Å². The quantitative estimate of drug-likeness (QED) is 0.0154. The first-order valence-electron chi connectivity index (χ1n) is 31.1. The molecule has 1 aliphatic heterocycles. The van der Waals surface area contributed by atoms with Gasteiger partial charge in [0.2, 0.25) is 76.8 Å². The van der Waals surface area contributed by atoms with Crippen molar-refractivity contribution < 1.29 is 87.2 Å². The zero-order valence-electron chi connectivity index (χ0n) is 54.8. The molecule has 1 saturated heterocycles. The predicted molar refractivity (Wildman–Crippen MR) is 335 cm³/mol. The molecule has 13 atom stereocenters. The lowest BCUT2D eigenvalue weighted by Crippen LogP contribution is -2.62. The third kappa shape index (κ3) is 29.6. The van der Waals surface area contributed by atoms with E-state index in [2.05, 4.69) is 58.2 Å². The maximum Gasteiger partial charge on any atom is 0.326 e. The van der Waals surface area contributed by atoms with Crippen molar-refractivity contribution in [1.82, 2.24) is 58.1 Å². The number of carbonyl (C=O) groups is 15. The first kappa shape index (κ1) is 82.3. The van der Waals surface area contributed by atoms with E-state index in [9.17, 15) is 87.2 Å². The fraction of sp³-hybridized carbons (Fsp3) is 0.724. The molecule has 23 N–H and O–H groups in total. The van der Waals surface area contributed by atoms with Gasteiger partial charge < -0.3 is 102 Å². The summed E-state index contributed by atoms with van der Waals surface area (Å²) < 4.78 is 0. The van der Waals surface area contributed by atoms with Crippen molar-refractivity contribution in [3.05, 3.63) is 0 Å². The van der Waals surface area contributed by atoms with Gasteiger partial charge in [-0.1, -0.05) is 82.1 Å². The Kier molecular flexibility index (Phi) is 36.2. The Labute approximate surface area is 540 Å².